The van der Waals surface area contributed by atoms with E-state index in [0.717, 1.165) is 4.68 Å². The van der Waals surface area contributed by atoms with Gasteiger partial charge in [-0.1, -0.05) is 11.6 Å². The molecule has 9 heteroatoms. The molecule has 0 aliphatic rings. The summed E-state index contributed by atoms with van der Waals surface area (Å²) in [4.78, 5) is 36.1. The molecule has 0 unspecified atom stereocenters. The number of halogens is 1. The third-order valence-corrected chi connectivity index (χ3v) is 3.42. The first-order chi connectivity index (χ1) is 12.4. The highest BCUT2D eigenvalue weighted by Crippen LogP contribution is 2.14. The number of hydrogen-bond acceptors (Lipinski definition) is 6. The van der Waals surface area contributed by atoms with Crippen molar-refractivity contribution in [1.29, 1.82) is 0 Å². The smallest absolute Gasteiger partial charge is 0.358 e. The Morgan fingerprint density at radius 3 is 2.31 bits per heavy atom. The summed E-state index contributed by atoms with van der Waals surface area (Å²) in [5.74, 6) is -1.80. The molecular weight excluding hydrogens is 362 g/mol. The number of benzene rings is 1. The Morgan fingerprint density at radius 1 is 1.08 bits per heavy atom. The Bertz CT molecular complexity index is 801. The molecule has 26 heavy (non-hydrogen) atoms. The lowest BCUT2D eigenvalue weighted by Gasteiger charge is -2.08. The second kappa shape index (κ2) is 9.00. The topological polar surface area (TPSA) is 99.5 Å². The maximum absolute atomic E-state index is 12.2. The summed E-state index contributed by atoms with van der Waals surface area (Å²) in [6.45, 7) is 3.34. The molecule has 0 bridgehead atoms. The zero-order chi connectivity index (χ0) is 19.1. The molecule has 0 spiro atoms. The molecule has 0 saturated heterocycles. The molecule has 0 aliphatic carbocycles. The second-order valence-corrected chi connectivity index (χ2v) is 5.50. The number of anilines is 1. The average molecular weight is 380 g/mol. The van der Waals surface area contributed by atoms with Gasteiger partial charge < -0.3 is 14.8 Å². The van der Waals surface area contributed by atoms with E-state index < -0.39 is 17.8 Å². The number of amides is 1. The van der Waals surface area contributed by atoms with Crippen molar-refractivity contribution >= 4 is 35.1 Å². The van der Waals surface area contributed by atoms with Gasteiger partial charge in [-0.25, -0.2) is 14.3 Å². The molecule has 0 aliphatic heterocycles. The van der Waals surface area contributed by atoms with E-state index in [-0.39, 0.29) is 31.1 Å². The van der Waals surface area contributed by atoms with Crippen molar-refractivity contribution in [2.45, 2.75) is 20.4 Å². The number of esters is 2. The van der Waals surface area contributed by atoms with Gasteiger partial charge in [0.05, 0.1) is 13.2 Å². The zero-order valence-electron chi connectivity index (χ0n) is 14.3. The molecule has 2 rings (SSSR count). The summed E-state index contributed by atoms with van der Waals surface area (Å²) >= 11 is 5.80. The third kappa shape index (κ3) is 5.06. The van der Waals surface area contributed by atoms with Gasteiger partial charge in [0.15, 0.2) is 5.69 Å². The fourth-order valence-electron chi connectivity index (χ4n) is 2.08. The van der Waals surface area contributed by atoms with E-state index in [0.29, 0.717) is 10.7 Å². The minimum atomic E-state index is -0.685. The van der Waals surface area contributed by atoms with Gasteiger partial charge in [-0.15, -0.1) is 0 Å². The number of hydrogen-bond donors (Lipinski definition) is 1. The molecule has 0 atom stereocenters. The van der Waals surface area contributed by atoms with Crippen LogP contribution in [-0.2, 0) is 20.8 Å². The summed E-state index contributed by atoms with van der Waals surface area (Å²) in [6, 6.07) is 7.78. The lowest BCUT2D eigenvalue weighted by Crippen LogP contribution is -2.23. The number of carbonyl (C=O) groups excluding carboxylic acids is 3. The fourth-order valence-corrected chi connectivity index (χ4v) is 2.21. The van der Waals surface area contributed by atoms with E-state index in [2.05, 4.69) is 10.4 Å². The Labute approximate surface area is 155 Å². The van der Waals surface area contributed by atoms with Crippen LogP contribution in [0.4, 0.5) is 5.69 Å². The zero-order valence-corrected chi connectivity index (χ0v) is 15.1. The molecule has 2 aromatic rings. The van der Waals surface area contributed by atoms with Gasteiger partial charge in [-0.05, 0) is 38.1 Å². The Kier molecular flexibility index (Phi) is 6.74. The Hall–Kier alpha value is -2.87. The normalized spacial score (nSPS) is 10.3. The number of rotatable bonds is 7. The van der Waals surface area contributed by atoms with E-state index in [1.165, 1.54) is 6.07 Å². The first-order valence-corrected chi connectivity index (χ1v) is 8.29. The summed E-state index contributed by atoms with van der Waals surface area (Å²) in [7, 11) is 0. The average Bonchev–Trinajstić information content (AvgIpc) is 3.01. The number of nitrogens with zero attached hydrogens (tertiary/aromatic N) is 2. The van der Waals surface area contributed by atoms with Crippen LogP contribution >= 0.6 is 11.6 Å². The van der Waals surface area contributed by atoms with Crippen LogP contribution in [-0.4, -0.2) is 40.8 Å². The SMILES string of the molecule is CCOC(=O)c1cc(C(=O)OCC)n(CC(=O)Nc2ccc(Cl)cc2)n1. The van der Waals surface area contributed by atoms with Crippen molar-refractivity contribution in [2.24, 2.45) is 0 Å². The molecule has 8 nitrogen and oxygen atoms in total. The highest BCUT2D eigenvalue weighted by atomic mass is 35.5. The van der Waals surface area contributed by atoms with Gasteiger partial charge in [-0.3, -0.25) is 4.79 Å². The lowest BCUT2D eigenvalue weighted by atomic mass is 10.3. The summed E-state index contributed by atoms with van der Waals surface area (Å²) < 4.78 is 10.9. The van der Waals surface area contributed by atoms with E-state index >= 15 is 0 Å². The molecular formula is C17H18ClN3O5. The molecule has 0 fully saturated rings. The first-order valence-electron chi connectivity index (χ1n) is 7.92. The van der Waals surface area contributed by atoms with Crippen LogP contribution in [0.3, 0.4) is 0 Å². The number of ether oxygens (including phenoxy) is 2. The molecule has 0 radical (unpaired) electrons. The predicted molar refractivity (Wildman–Crippen MR) is 94.2 cm³/mol. The van der Waals surface area contributed by atoms with Gasteiger partial charge in [0, 0.05) is 16.8 Å². The molecule has 1 N–H and O–H groups in total. The van der Waals surface area contributed by atoms with Gasteiger partial charge in [0.1, 0.15) is 12.2 Å². The van der Waals surface area contributed by atoms with Crippen LogP contribution < -0.4 is 5.32 Å². The molecule has 1 aromatic heterocycles. The minimum absolute atomic E-state index is 0.0128. The third-order valence-electron chi connectivity index (χ3n) is 3.17. The van der Waals surface area contributed by atoms with E-state index in [1.54, 1.807) is 38.1 Å². The van der Waals surface area contributed by atoms with E-state index in [4.69, 9.17) is 21.1 Å². The van der Waals surface area contributed by atoms with Crippen LogP contribution in [0.2, 0.25) is 5.02 Å². The van der Waals surface area contributed by atoms with Gasteiger partial charge >= 0.3 is 11.9 Å². The fraction of sp³-hybridized carbons (Fsp3) is 0.294. The number of nitrogens with one attached hydrogen (secondary N) is 1. The maximum Gasteiger partial charge on any atom is 0.358 e. The molecule has 1 amide bonds. The highest BCUT2D eigenvalue weighted by Gasteiger charge is 2.22. The summed E-state index contributed by atoms with van der Waals surface area (Å²) in [5.41, 5.74) is 0.449. The minimum Gasteiger partial charge on any atom is -0.461 e. The van der Waals surface area contributed by atoms with Gasteiger partial charge in [0.25, 0.3) is 0 Å². The van der Waals surface area contributed by atoms with E-state index in [1.807, 2.05) is 0 Å². The summed E-state index contributed by atoms with van der Waals surface area (Å²) in [6.07, 6.45) is 0. The van der Waals surface area contributed by atoms with Gasteiger partial charge in [0.2, 0.25) is 5.91 Å². The van der Waals surface area contributed by atoms with Crippen LogP contribution in [0.5, 0.6) is 0 Å². The molecule has 138 valence electrons. The van der Waals surface area contributed by atoms with Crippen LogP contribution in [0.1, 0.15) is 34.8 Å². The van der Waals surface area contributed by atoms with E-state index in [9.17, 15) is 14.4 Å². The highest BCUT2D eigenvalue weighted by molar-refractivity contribution is 6.30. The van der Waals surface area contributed by atoms with Crippen molar-refractivity contribution in [3.05, 3.63) is 46.7 Å². The monoisotopic (exact) mass is 379 g/mol. The molecule has 0 saturated carbocycles. The maximum atomic E-state index is 12.2. The van der Waals surface area contributed by atoms with Crippen LogP contribution in [0.25, 0.3) is 0 Å². The largest absolute Gasteiger partial charge is 0.461 e. The van der Waals surface area contributed by atoms with Crippen molar-refractivity contribution in [1.82, 2.24) is 9.78 Å². The Balaban J connectivity index is 2.19. The Morgan fingerprint density at radius 2 is 1.69 bits per heavy atom. The predicted octanol–water partition coefficient (Wildman–Crippen LogP) is 2.53. The van der Waals surface area contributed by atoms with Crippen LogP contribution in [0.15, 0.2) is 30.3 Å². The van der Waals surface area contributed by atoms with Crippen LogP contribution in [0, 0.1) is 0 Å². The molecule has 1 heterocycles. The number of aromatic nitrogens is 2. The standard InChI is InChI=1S/C17H18ClN3O5/c1-3-25-16(23)13-9-14(17(24)26-4-2)21(20-13)10-15(22)19-12-7-5-11(18)6-8-12/h5-9H,3-4,10H2,1-2H3,(H,19,22). The number of carbonyl (C=O) groups is 3. The van der Waals surface area contributed by atoms with Crippen molar-refractivity contribution in [3.63, 3.8) is 0 Å². The van der Waals surface area contributed by atoms with Crippen molar-refractivity contribution in [2.75, 3.05) is 18.5 Å². The second-order valence-electron chi connectivity index (χ2n) is 5.07. The quantitative estimate of drug-likeness (QED) is 0.742. The lowest BCUT2D eigenvalue weighted by molar-refractivity contribution is -0.116. The molecule has 1 aromatic carbocycles. The van der Waals surface area contributed by atoms with Crippen molar-refractivity contribution < 1.29 is 23.9 Å². The van der Waals surface area contributed by atoms with Gasteiger partial charge in [-0.2, -0.15) is 5.10 Å². The summed E-state index contributed by atoms with van der Waals surface area (Å²) in [5, 5.41) is 7.18. The first kappa shape index (κ1) is 19.5. The van der Waals surface area contributed by atoms with Crippen molar-refractivity contribution in [3.8, 4) is 0 Å².